The van der Waals surface area contributed by atoms with E-state index in [1.54, 1.807) is 24.3 Å². The van der Waals surface area contributed by atoms with Crippen molar-refractivity contribution in [1.82, 2.24) is 4.72 Å². The summed E-state index contributed by atoms with van der Waals surface area (Å²) in [5.41, 5.74) is 0.598. The fraction of sp³-hybridized carbons (Fsp3) is 0.222. The third-order valence-corrected chi connectivity index (χ3v) is 3.54. The molecule has 0 saturated carbocycles. The Morgan fingerprint density at radius 1 is 1.31 bits per heavy atom. The van der Waals surface area contributed by atoms with Gasteiger partial charge >= 0.3 is 5.97 Å². The zero-order valence-electron chi connectivity index (χ0n) is 8.18. The number of halogens is 1. The van der Waals surface area contributed by atoms with Gasteiger partial charge in [-0.2, -0.15) is 0 Å². The van der Waals surface area contributed by atoms with Crippen molar-refractivity contribution < 1.29 is 18.3 Å². The van der Waals surface area contributed by atoms with Crippen molar-refractivity contribution in [3.05, 3.63) is 34.3 Å². The molecule has 0 spiro atoms. The summed E-state index contributed by atoms with van der Waals surface area (Å²) in [7, 11) is -3.59. The predicted octanol–water partition coefficient (Wildman–Crippen LogP) is 0.953. The Kier molecular flexibility index (Phi) is 4.45. The topological polar surface area (TPSA) is 83.5 Å². The number of nitrogens with one attached hydrogen (secondary N) is 1. The summed E-state index contributed by atoms with van der Waals surface area (Å²) in [4.78, 5) is 10.2. The van der Waals surface area contributed by atoms with Crippen LogP contribution in [0.2, 0.25) is 0 Å². The van der Waals surface area contributed by atoms with Gasteiger partial charge < -0.3 is 5.11 Å². The van der Waals surface area contributed by atoms with E-state index in [1.807, 2.05) is 4.72 Å². The zero-order valence-corrected chi connectivity index (χ0v) is 10.6. The Morgan fingerprint density at radius 3 is 2.38 bits per heavy atom. The molecule has 1 aromatic carbocycles. The Bertz CT molecular complexity index is 469. The average Bonchev–Trinajstić information content (AvgIpc) is 2.19. The largest absolute Gasteiger partial charge is 0.480 e. The molecule has 0 bridgehead atoms. The van der Waals surface area contributed by atoms with Crippen molar-refractivity contribution in [3.8, 4) is 0 Å². The van der Waals surface area contributed by atoms with Crippen LogP contribution in [0.4, 0.5) is 0 Å². The van der Waals surface area contributed by atoms with Crippen LogP contribution in [0.15, 0.2) is 28.7 Å². The molecule has 0 aliphatic carbocycles. The monoisotopic (exact) mass is 307 g/mol. The second kappa shape index (κ2) is 5.42. The van der Waals surface area contributed by atoms with Crippen LogP contribution in [0, 0.1) is 0 Å². The molecule has 1 rings (SSSR count). The van der Waals surface area contributed by atoms with Crippen molar-refractivity contribution in [2.45, 2.75) is 5.75 Å². The lowest BCUT2D eigenvalue weighted by Gasteiger charge is -2.04. The van der Waals surface area contributed by atoms with Crippen LogP contribution in [-0.4, -0.2) is 26.0 Å². The van der Waals surface area contributed by atoms with Gasteiger partial charge in [-0.25, -0.2) is 13.1 Å². The van der Waals surface area contributed by atoms with Gasteiger partial charge in [0.05, 0.1) is 5.75 Å². The molecule has 0 atom stereocenters. The first-order valence-electron chi connectivity index (χ1n) is 4.32. The van der Waals surface area contributed by atoms with Gasteiger partial charge in [0.1, 0.15) is 6.54 Å². The minimum absolute atomic E-state index is 0.229. The molecule has 1 aromatic rings. The highest BCUT2D eigenvalue weighted by molar-refractivity contribution is 9.10. The first-order valence-corrected chi connectivity index (χ1v) is 6.77. The first-order chi connectivity index (χ1) is 7.39. The Balaban J connectivity index is 2.65. The molecular formula is C9H10BrNO4S. The Hall–Kier alpha value is -0.920. The zero-order chi connectivity index (χ0) is 12.2. The molecule has 0 unspecified atom stereocenters. The van der Waals surface area contributed by atoms with E-state index >= 15 is 0 Å². The standard InChI is InChI=1S/C9H10BrNO4S/c10-8-3-1-7(2-4-8)6-16(14,15)11-5-9(12)13/h1-4,11H,5-6H2,(H,12,13). The van der Waals surface area contributed by atoms with Crippen LogP contribution in [-0.2, 0) is 20.6 Å². The molecule has 88 valence electrons. The summed E-state index contributed by atoms with van der Waals surface area (Å²) in [5, 5.41) is 8.35. The summed E-state index contributed by atoms with van der Waals surface area (Å²) in [6.07, 6.45) is 0. The van der Waals surface area contributed by atoms with E-state index in [0.29, 0.717) is 5.56 Å². The maximum Gasteiger partial charge on any atom is 0.318 e. The minimum atomic E-state index is -3.59. The maximum absolute atomic E-state index is 11.4. The molecule has 0 aliphatic rings. The highest BCUT2D eigenvalue weighted by Crippen LogP contribution is 2.12. The van der Waals surface area contributed by atoms with E-state index in [-0.39, 0.29) is 5.75 Å². The number of carboxylic acid groups (broad SMARTS) is 1. The van der Waals surface area contributed by atoms with E-state index in [9.17, 15) is 13.2 Å². The number of aliphatic carboxylic acids is 1. The molecule has 5 nitrogen and oxygen atoms in total. The molecule has 0 heterocycles. The number of sulfonamides is 1. The van der Waals surface area contributed by atoms with E-state index in [0.717, 1.165) is 4.47 Å². The van der Waals surface area contributed by atoms with Crippen LogP contribution < -0.4 is 4.72 Å². The molecule has 16 heavy (non-hydrogen) atoms. The normalized spacial score (nSPS) is 11.3. The molecule has 0 amide bonds. The van der Waals surface area contributed by atoms with E-state index in [1.165, 1.54) is 0 Å². The fourth-order valence-electron chi connectivity index (χ4n) is 1.02. The van der Waals surface area contributed by atoms with Gasteiger partial charge in [0.2, 0.25) is 10.0 Å². The lowest BCUT2D eigenvalue weighted by Crippen LogP contribution is -2.30. The Morgan fingerprint density at radius 2 is 1.88 bits per heavy atom. The van der Waals surface area contributed by atoms with Crippen LogP contribution in [0.3, 0.4) is 0 Å². The number of carboxylic acids is 1. The van der Waals surface area contributed by atoms with Crippen LogP contribution in [0.1, 0.15) is 5.56 Å². The first kappa shape index (κ1) is 13.1. The molecule has 0 aliphatic heterocycles. The van der Waals surface area contributed by atoms with Gasteiger partial charge in [-0.3, -0.25) is 4.79 Å². The van der Waals surface area contributed by atoms with E-state index < -0.39 is 22.5 Å². The van der Waals surface area contributed by atoms with Gasteiger partial charge in [0.15, 0.2) is 0 Å². The van der Waals surface area contributed by atoms with Crippen molar-refractivity contribution in [3.63, 3.8) is 0 Å². The quantitative estimate of drug-likeness (QED) is 0.848. The number of rotatable bonds is 5. The summed E-state index contributed by atoms with van der Waals surface area (Å²) in [6.45, 7) is -0.598. The number of hydrogen-bond acceptors (Lipinski definition) is 3. The van der Waals surface area contributed by atoms with Gasteiger partial charge in [-0.15, -0.1) is 0 Å². The summed E-state index contributed by atoms with van der Waals surface area (Å²) in [5.74, 6) is -1.44. The lowest BCUT2D eigenvalue weighted by atomic mass is 10.2. The van der Waals surface area contributed by atoms with Gasteiger partial charge in [-0.1, -0.05) is 28.1 Å². The third-order valence-electron chi connectivity index (χ3n) is 1.71. The second-order valence-electron chi connectivity index (χ2n) is 3.10. The highest BCUT2D eigenvalue weighted by Gasteiger charge is 2.12. The van der Waals surface area contributed by atoms with Crippen molar-refractivity contribution in [2.24, 2.45) is 0 Å². The van der Waals surface area contributed by atoms with Crippen molar-refractivity contribution in [1.29, 1.82) is 0 Å². The smallest absolute Gasteiger partial charge is 0.318 e. The fourth-order valence-corrected chi connectivity index (χ4v) is 2.36. The van der Waals surface area contributed by atoms with Crippen LogP contribution in [0.25, 0.3) is 0 Å². The van der Waals surface area contributed by atoms with E-state index in [4.69, 9.17) is 5.11 Å². The predicted molar refractivity (Wildman–Crippen MR) is 62.4 cm³/mol. The van der Waals surface area contributed by atoms with Crippen molar-refractivity contribution in [2.75, 3.05) is 6.54 Å². The SMILES string of the molecule is O=C(O)CNS(=O)(=O)Cc1ccc(Br)cc1. The Labute approximate surface area is 102 Å². The van der Waals surface area contributed by atoms with Crippen LogP contribution in [0.5, 0.6) is 0 Å². The van der Waals surface area contributed by atoms with Crippen LogP contribution >= 0.6 is 15.9 Å². The minimum Gasteiger partial charge on any atom is -0.480 e. The highest BCUT2D eigenvalue weighted by atomic mass is 79.9. The molecule has 0 saturated heterocycles. The number of benzene rings is 1. The van der Waals surface area contributed by atoms with Gasteiger partial charge in [-0.05, 0) is 17.7 Å². The molecule has 7 heteroatoms. The lowest BCUT2D eigenvalue weighted by molar-refractivity contribution is -0.135. The average molecular weight is 308 g/mol. The second-order valence-corrected chi connectivity index (χ2v) is 5.82. The molecule has 0 radical (unpaired) electrons. The third kappa shape index (κ3) is 4.73. The maximum atomic E-state index is 11.4. The summed E-state index contributed by atoms with van der Waals surface area (Å²) in [6, 6.07) is 6.76. The molecule has 0 fully saturated rings. The van der Waals surface area contributed by atoms with Gasteiger partial charge in [0, 0.05) is 4.47 Å². The summed E-state index contributed by atoms with van der Waals surface area (Å²) < 4.78 is 25.6. The molecular weight excluding hydrogens is 298 g/mol. The van der Waals surface area contributed by atoms with Crippen molar-refractivity contribution >= 4 is 31.9 Å². The molecule has 2 N–H and O–H groups in total. The van der Waals surface area contributed by atoms with Gasteiger partial charge in [0.25, 0.3) is 0 Å². The number of hydrogen-bond donors (Lipinski definition) is 2. The summed E-state index contributed by atoms with van der Waals surface area (Å²) >= 11 is 3.23. The van der Waals surface area contributed by atoms with E-state index in [2.05, 4.69) is 15.9 Å². The molecule has 0 aromatic heterocycles. The number of carbonyl (C=O) groups is 1.